The fourth-order valence-electron chi connectivity index (χ4n) is 2.98. The molecule has 0 aromatic carbocycles. The molecule has 0 unspecified atom stereocenters. The third kappa shape index (κ3) is 4.83. The molecule has 0 atom stereocenters. The Hall–Kier alpha value is -2.55. The summed E-state index contributed by atoms with van der Waals surface area (Å²) in [6.45, 7) is 3.66. The lowest BCUT2D eigenvalue weighted by molar-refractivity contribution is -0.148. The number of carbonyl (C=O) groups excluding carboxylic acids is 3. The van der Waals surface area contributed by atoms with Crippen molar-refractivity contribution in [3.05, 3.63) is 28.0 Å². The molecule has 28 heavy (non-hydrogen) atoms. The first kappa shape index (κ1) is 20.2. The molecular weight excluding hydrogens is 386 g/mol. The van der Waals surface area contributed by atoms with E-state index in [1.54, 1.807) is 13.8 Å². The average molecular weight is 409 g/mol. The van der Waals surface area contributed by atoms with Gasteiger partial charge in [-0.15, -0.1) is 11.3 Å². The first-order chi connectivity index (χ1) is 13.5. The van der Waals surface area contributed by atoms with Crippen molar-refractivity contribution in [2.75, 3.05) is 25.1 Å². The molecule has 0 saturated heterocycles. The lowest BCUT2D eigenvalue weighted by atomic mass is 9.95. The van der Waals surface area contributed by atoms with Gasteiger partial charge in [-0.2, -0.15) is 0 Å². The number of anilines is 1. The first-order valence-corrected chi connectivity index (χ1v) is 10.0. The van der Waals surface area contributed by atoms with E-state index in [2.05, 4.69) is 5.32 Å². The van der Waals surface area contributed by atoms with Gasteiger partial charge in [0, 0.05) is 4.88 Å². The number of amides is 1. The summed E-state index contributed by atoms with van der Waals surface area (Å²) in [6, 6.07) is 0. The van der Waals surface area contributed by atoms with Crippen LogP contribution in [0.25, 0.3) is 0 Å². The smallest absolute Gasteiger partial charge is 0.377 e. The van der Waals surface area contributed by atoms with Crippen molar-refractivity contribution in [3.63, 3.8) is 0 Å². The Morgan fingerprint density at radius 1 is 1.18 bits per heavy atom. The number of esters is 2. The molecule has 1 aromatic rings. The maximum Gasteiger partial charge on any atom is 0.377 e. The summed E-state index contributed by atoms with van der Waals surface area (Å²) in [5.74, 6) is -1.84. The number of rotatable bonds is 6. The Labute approximate surface area is 166 Å². The second-order valence-corrected chi connectivity index (χ2v) is 7.80. The largest absolute Gasteiger partial charge is 0.493 e. The van der Waals surface area contributed by atoms with Gasteiger partial charge in [0.2, 0.25) is 5.76 Å². The minimum Gasteiger partial charge on any atom is -0.493 e. The number of hydrogen-bond acceptors (Lipinski definition) is 8. The van der Waals surface area contributed by atoms with Crippen LogP contribution < -0.4 is 5.32 Å². The molecule has 9 heteroatoms. The Bertz CT molecular complexity index is 796. The third-order valence-electron chi connectivity index (χ3n) is 4.16. The van der Waals surface area contributed by atoms with E-state index in [1.165, 1.54) is 11.3 Å². The lowest BCUT2D eigenvalue weighted by Crippen LogP contribution is -2.24. The van der Waals surface area contributed by atoms with Gasteiger partial charge in [0.05, 0.1) is 11.7 Å². The summed E-state index contributed by atoms with van der Waals surface area (Å²) in [5, 5.41) is 3.13. The molecule has 2 aliphatic rings. The van der Waals surface area contributed by atoms with Crippen LogP contribution in [-0.4, -0.2) is 43.8 Å². The molecule has 0 spiro atoms. The number of thiophene rings is 1. The van der Waals surface area contributed by atoms with Crippen LogP contribution in [0.15, 0.2) is 12.0 Å². The van der Waals surface area contributed by atoms with Gasteiger partial charge in [-0.3, -0.25) is 4.79 Å². The monoisotopic (exact) mass is 409 g/mol. The molecule has 2 heterocycles. The van der Waals surface area contributed by atoms with Crippen molar-refractivity contribution in [2.24, 2.45) is 0 Å². The van der Waals surface area contributed by atoms with Gasteiger partial charge in [-0.25, -0.2) is 9.59 Å². The zero-order chi connectivity index (χ0) is 20.1. The van der Waals surface area contributed by atoms with E-state index in [0.717, 1.165) is 42.4 Å². The van der Waals surface area contributed by atoms with Crippen LogP contribution in [0, 0.1) is 0 Å². The number of carbonyl (C=O) groups is 3. The highest BCUT2D eigenvalue weighted by atomic mass is 32.1. The molecule has 1 amide bonds. The van der Waals surface area contributed by atoms with E-state index >= 15 is 0 Å². The van der Waals surface area contributed by atoms with Crippen LogP contribution in [0.4, 0.5) is 5.00 Å². The molecule has 8 nitrogen and oxygen atoms in total. The molecule has 0 bridgehead atoms. The molecule has 0 saturated carbocycles. The van der Waals surface area contributed by atoms with Crippen molar-refractivity contribution in [1.29, 1.82) is 0 Å². The number of ether oxygens (including phenoxy) is 4. The fourth-order valence-corrected chi connectivity index (χ4v) is 4.28. The Balaban J connectivity index is 1.68. The standard InChI is InChI=1S/C19H23NO7S/c1-11(2)27-19(23)16-12-5-3-4-6-14(12)28-17(16)20-15(21)10-26-18(22)13-9-24-7-8-25-13/h9,11H,3-8,10H2,1-2H3,(H,20,21). The van der Waals surface area contributed by atoms with Crippen molar-refractivity contribution in [2.45, 2.75) is 45.6 Å². The predicted molar refractivity (Wildman–Crippen MR) is 101 cm³/mol. The van der Waals surface area contributed by atoms with E-state index in [0.29, 0.717) is 17.2 Å². The zero-order valence-corrected chi connectivity index (χ0v) is 16.7. The number of nitrogens with one attached hydrogen (secondary N) is 1. The average Bonchev–Trinajstić information content (AvgIpc) is 3.04. The Kier molecular flexibility index (Phi) is 6.56. The van der Waals surface area contributed by atoms with Gasteiger partial charge in [0.1, 0.15) is 24.5 Å². The molecular formula is C19H23NO7S. The van der Waals surface area contributed by atoms with Crippen LogP contribution in [0.5, 0.6) is 0 Å². The maximum atomic E-state index is 12.6. The maximum absolute atomic E-state index is 12.6. The second-order valence-electron chi connectivity index (χ2n) is 6.69. The van der Waals surface area contributed by atoms with Gasteiger partial charge in [-0.05, 0) is 45.1 Å². The number of aryl methyl sites for hydroxylation is 1. The molecule has 1 N–H and O–H groups in total. The van der Waals surface area contributed by atoms with Gasteiger partial charge in [0.15, 0.2) is 6.61 Å². The van der Waals surface area contributed by atoms with E-state index in [9.17, 15) is 14.4 Å². The van der Waals surface area contributed by atoms with E-state index in [4.69, 9.17) is 18.9 Å². The number of hydrogen-bond donors (Lipinski definition) is 1. The first-order valence-electron chi connectivity index (χ1n) is 9.22. The highest BCUT2D eigenvalue weighted by molar-refractivity contribution is 7.17. The molecule has 0 radical (unpaired) electrons. The summed E-state index contributed by atoms with van der Waals surface area (Å²) in [6.07, 6.45) is 4.60. The lowest BCUT2D eigenvalue weighted by Gasteiger charge is -2.15. The third-order valence-corrected chi connectivity index (χ3v) is 5.36. The summed E-state index contributed by atoms with van der Waals surface area (Å²) in [5.41, 5.74) is 1.37. The van der Waals surface area contributed by atoms with Crippen LogP contribution in [-0.2, 0) is 41.4 Å². The SMILES string of the molecule is CC(C)OC(=O)c1c(NC(=O)COC(=O)C2=COCCO2)sc2c1CCCC2. The zero-order valence-electron chi connectivity index (χ0n) is 15.9. The van der Waals surface area contributed by atoms with E-state index in [-0.39, 0.29) is 18.5 Å². The van der Waals surface area contributed by atoms with Crippen molar-refractivity contribution in [3.8, 4) is 0 Å². The number of fused-ring (bicyclic) bond motifs is 1. The van der Waals surface area contributed by atoms with Crippen LogP contribution >= 0.6 is 11.3 Å². The van der Waals surface area contributed by atoms with Crippen LogP contribution in [0.1, 0.15) is 47.5 Å². The second kappa shape index (κ2) is 9.09. The molecule has 1 aromatic heterocycles. The summed E-state index contributed by atoms with van der Waals surface area (Å²) < 4.78 is 20.4. The Morgan fingerprint density at radius 3 is 2.68 bits per heavy atom. The van der Waals surface area contributed by atoms with Crippen molar-refractivity contribution < 1.29 is 33.3 Å². The van der Waals surface area contributed by atoms with Crippen molar-refractivity contribution >= 4 is 34.2 Å². The highest BCUT2D eigenvalue weighted by Gasteiger charge is 2.28. The normalized spacial score (nSPS) is 15.6. The van der Waals surface area contributed by atoms with E-state index in [1.807, 2.05) is 0 Å². The van der Waals surface area contributed by atoms with E-state index < -0.39 is 24.5 Å². The Morgan fingerprint density at radius 2 is 1.96 bits per heavy atom. The molecule has 1 aliphatic carbocycles. The van der Waals surface area contributed by atoms with Gasteiger partial charge >= 0.3 is 11.9 Å². The summed E-state index contributed by atoms with van der Waals surface area (Å²) in [7, 11) is 0. The fraction of sp³-hybridized carbons (Fsp3) is 0.526. The van der Waals surface area contributed by atoms with Crippen LogP contribution in [0.3, 0.4) is 0 Å². The molecule has 152 valence electrons. The topological polar surface area (TPSA) is 100 Å². The predicted octanol–water partition coefficient (Wildman–Crippen LogP) is 2.56. The van der Waals surface area contributed by atoms with Crippen molar-refractivity contribution in [1.82, 2.24) is 0 Å². The van der Waals surface area contributed by atoms with Crippen LogP contribution in [0.2, 0.25) is 0 Å². The summed E-state index contributed by atoms with van der Waals surface area (Å²) >= 11 is 1.38. The molecule has 0 fully saturated rings. The summed E-state index contributed by atoms with van der Waals surface area (Å²) in [4.78, 5) is 37.8. The quantitative estimate of drug-likeness (QED) is 0.721. The molecule has 1 aliphatic heterocycles. The molecule has 3 rings (SSSR count). The minimum atomic E-state index is -0.778. The highest BCUT2D eigenvalue weighted by Crippen LogP contribution is 2.38. The minimum absolute atomic E-state index is 0.0770. The van der Waals surface area contributed by atoms with Gasteiger partial charge in [0.25, 0.3) is 5.91 Å². The van der Waals surface area contributed by atoms with Gasteiger partial charge < -0.3 is 24.3 Å². The van der Waals surface area contributed by atoms with Gasteiger partial charge in [-0.1, -0.05) is 0 Å².